The molecule has 0 spiro atoms. The largest absolute Gasteiger partial charge is 0.334 e. The molecule has 2 aromatic heterocycles. The first-order valence-corrected chi connectivity index (χ1v) is 9.22. The van der Waals surface area contributed by atoms with Gasteiger partial charge in [0.05, 0.1) is 11.7 Å². The standard InChI is InChI=1S/C20H27N5O/c1-12(2)19(26)25-8-6-7-18(25)17-11-16(10-15(5)21-17)24-20-22-13(3)9-14(4)23-20/h9-12,18H,6-8H2,1-5H3,(H,21,22,23,24). The molecule has 6 heteroatoms. The Morgan fingerprint density at radius 2 is 1.73 bits per heavy atom. The first-order valence-electron chi connectivity index (χ1n) is 9.22. The van der Waals surface area contributed by atoms with Crippen molar-refractivity contribution >= 4 is 17.5 Å². The minimum Gasteiger partial charge on any atom is -0.334 e. The molecule has 1 amide bonds. The number of amides is 1. The molecule has 0 aromatic carbocycles. The molecule has 0 saturated carbocycles. The third-order valence-electron chi connectivity index (χ3n) is 4.58. The van der Waals surface area contributed by atoms with Gasteiger partial charge in [-0.05, 0) is 51.8 Å². The second kappa shape index (κ2) is 7.40. The van der Waals surface area contributed by atoms with Gasteiger partial charge in [-0.15, -0.1) is 0 Å². The van der Waals surface area contributed by atoms with Crippen LogP contribution < -0.4 is 5.32 Å². The maximum Gasteiger partial charge on any atom is 0.227 e. The van der Waals surface area contributed by atoms with Crippen LogP contribution in [0.1, 0.15) is 55.5 Å². The van der Waals surface area contributed by atoms with Gasteiger partial charge in [-0.25, -0.2) is 9.97 Å². The van der Waals surface area contributed by atoms with E-state index in [-0.39, 0.29) is 17.9 Å². The molecule has 0 radical (unpaired) electrons. The van der Waals surface area contributed by atoms with Gasteiger partial charge in [-0.2, -0.15) is 0 Å². The fourth-order valence-electron chi connectivity index (χ4n) is 3.52. The highest BCUT2D eigenvalue weighted by Crippen LogP contribution is 2.33. The molecule has 0 bridgehead atoms. The molecular weight excluding hydrogens is 326 g/mol. The highest BCUT2D eigenvalue weighted by atomic mass is 16.2. The second-order valence-corrected chi connectivity index (χ2v) is 7.37. The highest BCUT2D eigenvalue weighted by molar-refractivity contribution is 5.79. The Bertz CT molecular complexity index is 798. The summed E-state index contributed by atoms with van der Waals surface area (Å²) in [5.74, 6) is 0.783. The average molecular weight is 353 g/mol. The second-order valence-electron chi connectivity index (χ2n) is 7.37. The summed E-state index contributed by atoms with van der Waals surface area (Å²) in [4.78, 5) is 28.1. The predicted octanol–water partition coefficient (Wildman–Crippen LogP) is 3.86. The van der Waals surface area contributed by atoms with Crippen molar-refractivity contribution in [2.24, 2.45) is 5.92 Å². The quantitative estimate of drug-likeness (QED) is 0.904. The molecule has 138 valence electrons. The van der Waals surface area contributed by atoms with Gasteiger partial charge in [-0.3, -0.25) is 9.78 Å². The summed E-state index contributed by atoms with van der Waals surface area (Å²) < 4.78 is 0. The summed E-state index contributed by atoms with van der Waals surface area (Å²) in [7, 11) is 0. The number of rotatable bonds is 4. The Morgan fingerprint density at radius 1 is 1.08 bits per heavy atom. The van der Waals surface area contributed by atoms with Crippen LogP contribution in [-0.2, 0) is 4.79 Å². The molecular formula is C20H27N5O. The zero-order valence-corrected chi connectivity index (χ0v) is 16.2. The van der Waals surface area contributed by atoms with Crippen molar-refractivity contribution in [1.29, 1.82) is 0 Å². The third kappa shape index (κ3) is 4.00. The molecule has 1 aliphatic rings. The number of carbonyl (C=O) groups excluding carboxylic acids is 1. The first kappa shape index (κ1) is 18.3. The Labute approximate surface area is 155 Å². The maximum atomic E-state index is 12.5. The van der Waals surface area contributed by atoms with E-state index in [1.165, 1.54) is 0 Å². The lowest BCUT2D eigenvalue weighted by Gasteiger charge is -2.26. The molecule has 3 heterocycles. The van der Waals surface area contributed by atoms with Gasteiger partial charge in [0.15, 0.2) is 0 Å². The molecule has 1 aliphatic heterocycles. The minimum atomic E-state index is 0.00155. The van der Waals surface area contributed by atoms with Crippen LogP contribution in [0, 0.1) is 26.7 Å². The molecule has 1 unspecified atom stereocenters. The van der Waals surface area contributed by atoms with E-state index in [0.29, 0.717) is 5.95 Å². The molecule has 1 saturated heterocycles. The topological polar surface area (TPSA) is 71.0 Å². The number of carbonyl (C=O) groups is 1. The molecule has 1 fully saturated rings. The Kier molecular flexibility index (Phi) is 5.20. The number of hydrogen-bond donors (Lipinski definition) is 1. The molecule has 3 rings (SSSR count). The van der Waals surface area contributed by atoms with Gasteiger partial charge in [-0.1, -0.05) is 13.8 Å². The van der Waals surface area contributed by atoms with E-state index in [1.54, 1.807) is 0 Å². The van der Waals surface area contributed by atoms with Crippen molar-refractivity contribution in [2.45, 2.75) is 53.5 Å². The maximum absolute atomic E-state index is 12.5. The van der Waals surface area contributed by atoms with Gasteiger partial charge in [0.1, 0.15) is 0 Å². The average Bonchev–Trinajstić information content (AvgIpc) is 3.01. The third-order valence-corrected chi connectivity index (χ3v) is 4.58. The van der Waals surface area contributed by atoms with E-state index in [2.05, 4.69) is 15.3 Å². The SMILES string of the molecule is Cc1cc(Nc2nc(C)cc(C)n2)cc(C2CCCN2C(=O)C(C)C)n1. The number of anilines is 2. The highest BCUT2D eigenvalue weighted by Gasteiger charge is 2.32. The number of pyridine rings is 1. The Balaban J connectivity index is 1.89. The van der Waals surface area contributed by atoms with E-state index >= 15 is 0 Å². The van der Waals surface area contributed by atoms with Crippen molar-refractivity contribution < 1.29 is 4.79 Å². The van der Waals surface area contributed by atoms with Crippen LogP contribution in [0.25, 0.3) is 0 Å². The number of hydrogen-bond acceptors (Lipinski definition) is 5. The summed E-state index contributed by atoms with van der Waals surface area (Å²) in [6.45, 7) is 10.6. The van der Waals surface area contributed by atoms with Crippen molar-refractivity contribution in [2.75, 3.05) is 11.9 Å². The van der Waals surface area contributed by atoms with Crippen LogP contribution in [0.4, 0.5) is 11.6 Å². The molecule has 6 nitrogen and oxygen atoms in total. The number of aromatic nitrogens is 3. The fraction of sp³-hybridized carbons (Fsp3) is 0.500. The Morgan fingerprint density at radius 3 is 2.38 bits per heavy atom. The number of nitrogens with one attached hydrogen (secondary N) is 1. The number of nitrogens with zero attached hydrogens (tertiary/aromatic N) is 4. The van der Waals surface area contributed by atoms with Gasteiger partial charge in [0.2, 0.25) is 11.9 Å². The predicted molar refractivity (Wildman–Crippen MR) is 102 cm³/mol. The lowest BCUT2D eigenvalue weighted by Crippen LogP contribution is -2.34. The van der Waals surface area contributed by atoms with E-state index < -0.39 is 0 Å². The van der Waals surface area contributed by atoms with Crippen LogP contribution in [0.2, 0.25) is 0 Å². The zero-order chi connectivity index (χ0) is 18.8. The van der Waals surface area contributed by atoms with Crippen LogP contribution in [-0.4, -0.2) is 32.3 Å². The number of aryl methyl sites for hydroxylation is 3. The van der Waals surface area contributed by atoms with Crippen LogP contribution in [0.15, 0.2) is 18.2 Å². The summed E-state index contributed by atoms with van der Waals surface area (Å²) >= 11 is 0. The first-order chi connectivity index (χ1) is 12.3. The lowest BCUT2D eigenvalue weighted by atomic mass is 10.1. The van der Waals surface area contributed by atoms with Crippen molar-refractivity contribution in [3.8, 4) is 0 Å². The van der Waals surface area contributed by atoms with Gasteiger partial charge in [0, 0.05) is 35.2 Å². The minimum absolute atomic E-state index is 0.00155. The summed E-state index contributed by atoms with van der Waals surface area (Å²) in [5.41, 5.74) is 4.61. The molecule has 2 aromatic rings. The van der Waals surface area contributed by atoms with Crippen molar-refractivity contribution in [3.63, 3.8) is 0 Å². The zero-order valence-electron chi connectivity index (χ0n) is 16.2. The summed E-state index contributed by atoms with van der Waals surface area (Å²) in [6, 6.07) is 5.99. The van der Waals surface area contributed by atoms with Gasteiger partial charge >= 0.3 is 0 Å². The normalized spacial score (nSPS) is 17.0. The molecule has 26 heavy (non-hydrogen) atoms. The molecule has 1 atom stereocenters. The van der Waals surface area contributed by atoms with Crippen LogP contribution in [0.3, 0.4) is 0 Å². The van der Waals surface area contributed by atoms with Crippen molar-refractivity contribution in [3.05, 3.63) is 41.0 Å². The van der Waals surface area contributed by atoms with Crippen LogP contribution >= 0.6 is 0 Å². The molecule has 0 aliphatic carbocycles. The smallest absolute Gasteiger partial charge is 0.227 e. The molecule has 1 N–H and O–H groups in total. The van der Waals surface area contributed by atoms with E-state index in [9.17, 15) is 4.79 Å². The van der Waals surface area contributed by atoms with Crippen molar-refractivity contribution in [1.82, 2.24) is 19.9 Å². The lowest BCUT2D eigenvalue weighted by molar-refractivity contribution is -0.135. The van der Waals surface area contributed by atoms with Crippen LogP contribution in [0.5, 0.6) is 0 Å². The summed E-state index contributed by atoms with van der Waals surface area (Å²) in [6.07, 6.45) is 1.97. The van der Waals surface area contributed by atoms with E-state index in [0.717, 1.165) is 47.8 Å². The fourth-order valence-corrected chi connectivity index (χ4v) is 3.52. The van der Waals surface area contributed by atoms with E-state index in [4.69, 9.17) is 4.98 Å². The van der Waals surface area contributed by atoms with Gasteiger partial charge in [0.25, 0.3) is 0 Å². The van der Waals surface area contributed by atoms with Gasteiger partial charge < -0.3 is 10.2 Å². The van der Waals surface area contributed by atoms with E-state index in [1.807, 2.05) is 57.7 Å². The Hall–Kier alpha value is -2.50. The summed E-state index contributed by atoms with van der Waals surface area (Å²) in [5, 5.41) is 3.29. The monoisotopic (exact) mass is 353 g/mol. The number of likely N-dealkylation sites (tertiary alicyclic amines) is 1.